The van der Waals surface area contributed by atoms with Gasteiger partial charge in [-0.3, -0.25) is 19.8 Å². The molecule has 7 nitrogen and oxygen atoms in total. The molecule has 1 aromatic carbocycles. The zero-order valence-electron chi connectivity index (χ0n) is 17.7. The lowest BCUT2D eigenvalue weighted by Gasteiger charge is -2.33. The third-order valence-electron chi connectivity index (χ3n) is 5.79. The highest BCUT2D eigenvalue weighted by atomic mass is 35.5. The van der Waals surface area contributed by atoms with Crippen LogP contribution in [0.15, 0.2) is 42.7 Å². The number of piperazine rings is 1. The third kappa shape index (κ3) is 4.39. The van der Waals surface area contributed by atoms with E-state index >= 15 is 0 Å². The maximum Gasteiger partial charge on any atom is 0.219 e. The number of amides is 1. The Morgan fingerprint density at radius 3 is 2.81 bits per heavy atom. The Morgan fingerprint density at radius 1 is 1.19 bits per heavy atom. The van der Waals surface area contributed by atoms with E-state index in [1.807, 2.05) is 35.4 Å². The summed E-state index contributed by atoms with van der Waals surface area (Å²) in [7, 11) is 0. The summed E-state index contributed by atoms with van der Waals surface area (Å²) >= 11 is 8.07. The fourth-order valence-electron chi connectivity index (χ4n) is 4.04. The number of H-pyrrole nitrogens is 1. The predicted molar refractivity (Wildman–Crippen MR) is 127 cm³/mol. The molecule has 4 heterocycles. The Labute approximate surface area is 195 Å². The number of nitrogens with one attached hydrogen (secondary N) is 1. The van der Waals surface area contributed by atoms with Crippen molar-refractivity contribution >= 4 is 39.7 Å². The molecule has 0 saturated carbocycles. The average molecular weight is 467 g/mol. The summed E-state index contributed by atoms with van der Waals surface area (Å²) in [6.07, 6.45) is 4.41. The van der Waals surface area contributed by atoms with Crippen molar-refractivity contribution in [3.63, 3.8) is 0 Å². The molecule has 4 aromatic rings. The summed E-state index contributed by atoms with van der Waals surface area (Å²) in [4.78, 5) is 26.1. The van der Waals surface area contributed by atoms with Crippen LogP contribution >= 0.6 is 22.9 Å². The first kappa shape index (κ1) is 21.1. The standard InChI is InChI=1S/C23H23ClN6OS/c1-15(31)30-9-7-29(8-10-30)14-17-13-26-22(32-17)12-21-18-11-16(4-5-20(18)27-28-21)23-19(24)3-2-6-25-23/h2-6,11,13H,7-10,12,14H2,1H3,(H,27,28). The third-order valence-corrected chi connectivity index (χ3v) is 7.08. The monoisotopic (exact) mass is 466 g/mol. The molecule has 1 N–H and O–H groups in total. The van der Waals surface area contributed by atoms with Crippen molar-refractivity contribution in [2.45, 2.75) is 19.9 Å². The zero-order chi connectivity index (χ0) is 22.1. The molecular formula is C23H23ClN6OS. The summed E-state index contributed by atoms with van der Waals surface area (Å²) in [5.74, 6) is 0.157. The van der Waals surface area contributed by atoms with Crippen molar-refractivity contribution in [3.8, 4) is 11.3 Å². The highest BCUT2D eigenvalue weighted by Crippen LogP contribution is 2.30. The topological polar surface area (TPSA) is 78.0 Å². The van der Waals surface area contributed by atoms with E-state index in [0.29, 0.717) is 11.4 Å². The van der Waals surface area contributed by atoms with E-state index in [2.05, 4.69) is 31.1 Å². The minimum Gasteiger partial charge on any atom is -0.340 e. The van der Waals surface area contributed by atoms with Gasteiger partial charge in [0.1, 0.15) is 0 Å². The second-order valence-electron chi connectivity index (χ2n) is 7.95. The second-order valence-corrected chi connectivity index (χ2v) is 9.55. The number of benzene rings is 1. The number of hydrogen-bond donors (Lipinski definition) is 1. The van der Waals surface area contributed by atoms with E-state index in [9.17, 15) is 4.79 Å². The normalized spacial score (nSPS) is 14.9. The van der Waals surface area contributed by atoms with Gasteiger partial charge in [0.25, 0.3) is 0 Å². The van der Waals surface area contributed by atoms with Crippen LogP contribution in [-0.4, -0.2) is 62.1 Å². The van der Waals surface area contributed by atoms with E-state index in [1.54, 1.807) is 24.5 Å². The SMILES string of the molecule is CC(=O)N1CCN(Cc2cnc(Cc3[nH]nc4ccc(-c5ncccc5Cl)cc34)s2)CC1. The molecule has 0 unspecified atom stereocenters. The van der Waals surface area contributed by atoms with E-state index in [-0.39, 0.29) is 5.91 Å². The molecule has 0 radical (unpaired) electrons. The quantitative estimate of drug-likeness (QED) is 0.481. The van der Waals surface area contributed by atoms with Crippen LogP contribution < -0.4 is 0 Å². The number of pyridine rings is 1. The van der Waals surface area contributed by atoms with Crippen LogP contribution in [-0.2, 0) is 17.8 Å². The first-order valence-corrected chi connectivity index (χ1v) is 11.8. The van der Waals surface area contributed by atoms with Gasteiger partial charge in [0.05, 0.1) is 21.2 Å². The molecule has 5 rings (SSSR count). The summed E-state index contributed by atoms with van der Waals surface area (Å²) in [5.41, 5.74) is 3.68. The lowest BCUT2D eigenvalue weighted by atomic mass is 10.1. The molecule has 32 heavy (non-hydrogen) atoms. The van der Waals surface area contributed by atoms with Gasteiger partial charge in [-0.15, -0.1) is 11.3 Å². The number of rotatable bonds is 5. The van der Waals surface area contributed by atoms with Crippen LogP contribution in [0.1, 0.15) is 22.5 Å². The first-order valence-electron chi connectivity index (χ1n) is 10.6. The van der Waals surface area contributed by atoms with Crippen LogP contribution in [0.25, 0.3) is 22.2 Å². The van der Waals surface area contributed by atoms with Gasteiger partial charge in [-0.2, -0.15) is 5.10 Å². The maximum atomic E-state index is 11.5. The van der Waals surface area contributed by atoms with Crippen LogP contribution in [0.3, 0.4) is 0 Å². The number of carbonyl (C=O) groups is 1. The Kier molecular flexibility index (Phi) is 5.91. The fraction of sp³-hybridized carbons (Fsp3) is 0.304. The van der Waals surface area contributed by atoms with E-state index < -0.39 is 0 Å². The van der Waals surface area contributed by atoms with Gasteiger partial charge in [0.15, 0.2) is 0 Å². The van der Waals surface area contributed by atoms with Gasteiger partial charge >= 0.3 is 0 Å². The van der Waals surface area contributed by atoms with Crippen molar-refractivity contribution in [1.29, 1.82) is 0 Å². The molecule has 1 saturated heterocycles. The number of aromatic nitrogens is 4. The number of hydrogen-bond acceptors (Lipinski definition) is 6. The zero-order valence-corrected chi connectivity index (χ0v) is 19.3. The van der Waals surface area contributed by atoms with Gasteiger partial charge in [0.2, 0.25) is 5.91 Å². The molecule has 1 aliphatic heterocycles. The van der Waals surface area contributed by atoms with Gasteiger partial charge in [0, 0.05) is 80.0 Å². The molecule has 1 fully saturated rings. The number of thiazole rings is 1. The first-order chi connectivity index (χ1) is 15.6. The van der Waals surface area contributed by atoms with Crippen molar-refractivity contribution in [2.75, 3.05) is 26.2 Å². The van der Waals surface area contributed by atoms with E-state index in [1.165, 1.54) is 4.88 Å². The van der Waals surface area contributed by atoms with Gasteiger partial charge < -0.3 is 4.90 Å². The summed E-state index contributed by atoms with van der Waals surface area (Å²) < 4.78 is 0. The molecular weight excluding hydrogens is 444 g/mol. The molecule has 164 valence electrons. The Balaban J connectivity index is 1.30. The van der Waals surface area contributed by atoms with Crippen molar-refractivity contribution in [1.82, 2.24) is 30.0 Å². The Hall–Kier alpha value is -2.81. The summed E-state index contributed by atoms with van der Waals surface area (Å²) in [6, 6.07) is 9.75. The molecule has 1 aliphatic rings. The second kappa shape index (κ2) is 8.97. The Bertz CT molecular complexity index is 1260. The highest BCUT2D eigenvalue weighted by molar-refractivity contribution is 7.11. The summed E-state index contributed by atoms with van der Waals surface area (Å²) in [5, 5.41) is 10.4. The largest absolute Gasteiger partial charge is 0.340 e. The number of aromatic amines is 1. The van der Waals surface area contributed by atoms with Gasteiger partial charge in [-0.05, 0) is 24.3 Å². The van der Waals surface area contributed by atoms with Crippen LogP contribution in [0.4, 0.5) is 0 Å². The molecule has 0 atom stereocenters. The molecule has 1 amide bonds. The molecule has 3 aromatic heterocycles. The number of nitrogens with zero attached hydrogens (tertiary/aromatic N) is 5. The lowest BCUT2D eigenvalue weighted by Crippen LogP contribution is -2.47. The van der Waals surface area contributed by atoms with E-state index in [0.717, 1.165) is 65.6 Å². The number of fused-ring (bicyclic) bond motifs is 1. The van der Waals surface area contributed by atoms with Gasteiger partial charge in [-0.1, -0.05) is 17.7 Å². The number of carbonyl (C=O) groups excluding carboxylic acids is 1. The summed E-state index contributed by atoms with van der Waals surface area (Å²) in [6.45, 7) is 5.90. The van der Waals surface area contributed by atoms with Crippen molar-refractivity contribution < 1.29 is 4.79 Å². The minimum absolute atomic E-state index is 0.157. The predicted octanol–water partition coefficient (Wildman–Crippen LogP) is 3.99. The number of halogens is 1. The van der Waals surface area contributed by atoms with E-state index in [4.69, 9.17) is 11.6 Å². The molecule has 0 aliphatic carbocycles. The smallest absolute Gasteiger partial charge is 0.219 e. The van der Waals surface area contributed by atoms with Crippen molar-refractivity contribution in [2.24, 2.45) is 0 Å². The highest BCUT2D eigenvalue weighted by Gasteiger charge is 2.19. The fourth-order valence-corrected chi connectivity index (χ4v) is 5.25. The van der Waals surface area contributed by atoms with Crippen LogP contribution in [0.2, 0.25) is 5.02 Å². The van der Waals surface area contributed by atoms with Crippen LogP contribution in [0, 0.1) is 0 Å². The average Bonchev–Trinajstić information content (AvgIpc) is 3.41. The minimum atomic E-state index is 0.157. The Morgan fingerprint density at radius 2 is 2.03 bits per heavy atom. The lowest BCUT2D eigenvalue weighted by molar-refractivity contribution is -0.130. The maximum absolute atomic E-state index is 11.5. The molecule has 0 spiro atoms. The molecule has 9 heteroatoms. The van der Waals surface area contributed by atoms with Crippen LogP contribution in [0.5, 0.6) is 0 Å². The molecule has 0 bridgehead atoms. The van der Waals surface area contributed by atoms with Gasteiger partial charge in [-0.25, -0.2) is 4.98 Å². The van der Waals surface area contributed by atoms with Crippen molar-refractivity contribution in [3.05, 3.63) is 63.3 Å².